The Bertz CT molecular complexity index is 614. The van der Waals surface area contributed by atoms with Crippen LogP contribution in [0, 0.1) is 5.82 Å². The Morgan fingerprint density at radius 1 is 1.10 bits per heavy atom. The molecule has 0 amide bonds. The highest BCUT2D eigenvalue weighted by Crippen LogP contribution is 2.18. The summed E-state index contributed by atoms with van der Waals surface area (Å²) in [6.45, 7) is 0. The van der Waals surface area contributed by atoms with Gasteiger partial charge in [0.15, 0.2) is 0 Å². The molecule has 0 radical (unpaired) electrons. The van der Waals surface area contributed by atoms with Crippen LogP contribution in [0.3, 0.4) is 0 Å². The van der Waals surface area contributed by atoms with Crippen LogP contribution in [-0.2, 0) is 16.9 Å². The van der Waals surface area contributed by atoms with Crippen LogP contribution in [0.4, 0.5) is 4.39 Å². The van der Waals surface area contributed by atoms with Gasteiger partial charge in [0.05, 0.1) is 5.02 Å². The summed E-state index contributed by atoms with van der Waals surface area (Å²) in [6.07, 6.45) is 1.66. The van der Waals surface area contributed by atoms with Gasteiger partial charge in [-0.1, -0.05) is 41.4 Å². The Balaban J connectivity index is 1.99. The molecule has 0 aliphatic rings. The van der Waals surface area contributed by atoms with Gasteiger partial charge >= 0.3 is 0 Å². The molecule has 0 bridgehead atoms. The molecule has 20 heavy (non-hydrogen) atoms. The minimum Gasteiger partial charge on any atom is -0.612 e. The quantitative estimate of drug-likeness (QED) is 0.720. The van der Waals surface area contributed by atoms with Gasteiger partial charge in [0, 0.05) is 10.6 Å². The molecular weight excluding hydrogens is 318 g/mol. The normalized spacial score (nSPS) is 12.8. The minimum absolute atomic E-state index is 0.0515. The molecular formula is C15H11Cl2FOS. The SMILES string of the molecule is [O-][S+](/C=C/c1ccc(F)c(Cl)c1)Cc1ccc(Cl)cc1. The Morgan fingerprint density at radius 3 is 2.45 bits per heavy atom. The van der Waals surface area contributed by atoms with Crippen molar-refractivity contribution in [2.45, 2.75) is 5.75 Å². The summed E-state index contributed by atoms with van der Waals surface area (Å²) in [5.74, 6) is -0.0612. The van der Waals surface area contributed by atoms with Crippen LogP contribution >= 0.6 is 23.2 Å². The molecule has 0 heterocycles. The lowest BCUT2D eigenvalue weighted by Gasteiger charge is -2.06. The van der Waals surface area contributed by atoms with Crippen molar-refractivity contribution in [2.24, 2.45) is 0 Å². The number of rotatable bonds is 4. The zero-order chi connectivity index (χ0) is 14.5. The largest absolute Gasteiger partial charge is 0.612 e. The van der Waals surface area contributed by atoms with Gasteiger partial charge in [-0.2, -0.15) is 0 Å². The first-order chi connectivity index (χ1) is 9.54. The van der Waals surface area contributed by atoms with Crippen LogP contribution in [0.2, 0.25) is 10.0 Å². The van der Waals surface area contributed by atoms with E-state index in [2.05, 4.69) is 0 Å². The van der Waals surface area contributed by atoms with E-state index in [0.29, 0.717) is 16.3 Å². The second-order valence-corrected chi connectivity index (χ2v) is 6.29. The lowest BCUT2D eigenvalue weighted by molar-refractivity contribution is 0.603. The average Bonchev–Trinajstić information content (AvgIpc) is 2.43. The fraction of sp³-hybridized carbons (Fsp3) is 0.0667. The van der Waals surface area contributed by atoms with Crippen LogP contribution in [0.5, 0.6) is 0 Å². The number of hydrogen-bond donors (Lipinski definition) is 0. The molecule has 1 atom stereocenters. The van der Waals surface area contributed by atoms with E-state index in [4.69, 9.17) is 23.2 Å². The minimum atomic E-state index is -1.15. The molecule has 0 fully saturated rings. The summed E-state index contributed by atoms with van der Waals surface area (Å²) in [5, 5.41) is 2.27. The summed E-state index contributed by atoms with van der Waals surface area (Å²) >= 11 is 10.3. The fourth-order valence-corrected chi connectivity index (χ4v) is 2.80. The lowest BCUT2D eigenvalue weighted by Crippen LogP contribution is -1.99. The molecule has 2 rings (SSSR count). The van der Waals surface area contributed by atoms with Gasteiger partial charge in [0.2, 0.25) is 0 Å². The highest BCUT2D eigenvalue weighted by atomic mass is 35.5. The molecule has 2 aromatic carbocycles. The first-order valence-corrected chi connectivity index (χ1v) is 7.93. The van der Waals surface area contributed by atoms with E-state index in [9.17, 15) is 8.94 Å². The molecule has 0 aliphatic heterocycles. The Labute approximate surface area is 130 Å². The first-order valence-electron chi connectivity index (χ1n) is 5.79. The molecule has 104 valence electrons. The average molecular weight is 329 g/mol. The van der Waals surface area contributed by atoms with Crippen LogP contribution < -0.4 is 0 Å². The highest BCUT2D eigenvalue weighted by Gasteiger charge is 2.05. The molecule has 0 aromatic heterocycles. The maximum Gasteiger partial charge on any atom is 0.141 e. The van der Waals surface area contributed by atoms with Gasteiger partial charge in [0.1, 0.15) is 17.0 Å². The topological polar surface area (TPSA) is 23.1 Å². The Morgan fingerprint density at radius 2 is 1.80 bits per heavy atom. The van der Waals surface area contributed by atoms with Crippen LogP contribution in [0.25, 0.3) is 6.08 Å². The van der Waals surface area contributed by atoms with Crippen molar-refractivity contribution in [1.82, 2.24) is 0 Å². The van der Waals surface area contributed by atoms with Crippen LogP contribution in [0.15, 0.2) is 47.9 Å². The summed E-state index contributed by atoms with van der Waals surface area (Å²) in [6, 6.07) is 11.6. The van der Waals surface area contributed by atoms with Crippen molar-refractivity contribution in [2.75, 3.05) is 0 Å². The number of benzene rings is 2. The molecule has 0 saturated carbocycles. The highest BCUT2D eigenvalue weighted by molar-refractivity contribution is 7.93. The van der Waals surface area contributed by atoms with E-state index in [0.717, 1.165) is 5.56 Å². The van der Waals surface area contributed by atoms with Gasteiger partial charge in [-0.25, -0.2) is 4.39 Å². The molecule has 5 heteroatoms. The zero-order valence-corrected chi connectivity index (χ0v) is 12.7. The van der Waals surface area contributed by atoms with E-state index in [1.54, 1.807) is 29.7 Å². The third kappa shape index (κ3) is 4.53. The van der Waals surface area contributed by atoms with Gasteiger partial charge in [-0.3, -0.25) is 0 Å². The predicted molar refractivity (Wildman–Crippen MR) is 83.7 cm³/mol. The van der Waals surface area contributed by atoms with Crippen molar-refractivity contribution < 1.29 is 8.94 Å². The van der Waals surface area contributed by atoms with Crippen LogP contribution in [-0.4, -0.2) is 4.55 Å². The van der Waals surface area contributed by atoms with Gasteiger partial charge in [-0.05, 0) is 47.1 Å². The maximum absolute atomic E-state index is 13.0. The van der Waals surface area contributed by atoms with Crippen LogP contribution in [0.1, 0.15) is 11.1 Å². The van der Waals surface area contributed by atoms with E-state index in [1.165, 1.54) is 12.1 Å². The summed E-state index contributed by atoms with van der Waals surface area (Å²) in [4.78, 5) is 0. The first kappa shape index (κ1) is 15.4. The van der Waals surface area contributed by atoms with Crippen molar-refractivity contribution >= 4 is 40.5 Å². The molecule has 0 spiro atoms. The molecule has 1 unspecified atom stereocenters. The second-order valence-electron chi connectivity index (χ2n) is 4.13. The zero-order valence-electron chi connectivity index (χ0n) is 10.4. The van der Waals surface area contributed by atoms with E-state index >= 15 is 0 Å². The van der Waals surface area contributed by atoms with Crippen molar-refractivity contribution in [3.05, 3.63) is 74.9 Å². The molecule has 0 saturated heterocycles. The monoisotopic (exact) mass is 328 g/mol. The van der Waals surface area contributed by atoms with E-state index < -0.39 is 17.0 Å². The third-order valence-corrected chi connectivity index (χ3v) is 4.18. The van der Waals surface area contributed by atoms with Crippen molar-refractivity contribution in [3.8, 4) is 0 Å². The smallest absolute Gasteiger partial charge is 0.141 e. The number of halogens is 3. The van der Waals surface area contributed by atoms with Gasteiger partial charge < -0.3 is 4.55 Å². The van der Waals surface area contributed by atoms with Crippen molar-refractivity contribution in [1.29, 1.82) is 0 Å². The summed E-state index contributed by atoms with van der Waals surface area (Å²) in [7, 11) is 0. The maximum atomic E-state index is 13.0. The summed E-state index contributed by atoms with van der Waals surface area (Å²) < 4.78 is 24.9. The van der Waals surface area contributed by atoms with Gasteiger partial charge in [0.25, 0.3) is 0 Å². The third-order valence-electron chi connectivity index (χ3n) is 2.58. The van der Waals surface area contributed by atoms with Gasteiger partial charge in [-0.15, -0.1) is 0 Å². The Kier molecular flexibility index (Phi) is 5.49. The lowest BCUT2D eigenvalue weighted by atomic mass is 10.2. The molecule has 0 N–H and O–H groups in total. The number of hydrogen-bond acceptors (Lipinski definition) is 1. The predicted octanol–water partition coefficient (Wildman–Crippen LogP) is 5.05. The molecule has 0 aliphatic carbocycles. The van der Waals surface area contributed by atoms with E-state index in [1.807, 2.05) is 12.1 Å². The van der Waals surface area contributed by atoms with Crippen molar-refractivity contribution in [3.63, 3.8) is 0 Å². The second kappa shape index (κ2) is 7.14. The fourth-order valence-electron chi connectivity index (χ4n) is 1.56. The summed E-state index contributed by atoms with van der Waals surface area (Å²) in [5.41, 5.74) is 1.65. The Hall–Kier alpha value is -1.00. The standard InChI is InChI=1S/C15H11Cl2FOS/c16-13-4-1-12(2-5-13)10-20(19)8-7-11-3-6-15(18)14(17)9-11/h1-9H,10H2/b8-7+. The molecule has 2 aromatic rings. The molecule has 1 nitrogen and oxygen atoms in total. The van der Waals surface area contributed by atoms with E-state index in [-0.39, 0.29) is 5.02 Å².